The van der Waals surface area contributed by atoms with Crippen molar-refractivity contribution in [2.75, 3.05) is 0 Å². The number of nitrogens with zero attached hydrogens (tertiary/aromatic N) is 1. The van der Waals surface area contributed by atoms with Gasteiger partial charge in [-0.15, -0.1) is 22.7 Å². The van der Waals surface area contributed by atoms with Crippen LogP contribution in [0.5, 0.6) is 0 Å². The zero-order valence-corrected chi connectivity index (χ0v) is 12.0. The van der Waals surface area contributed by atoms with Crippen molar-refractivity contribution < 1.29 is 13.5 Å². The van der Waals surface area contributed by atoms with Crippen LogP contribution in [0.25, 0.3) is 0 Å². The molecule has 0 saturated carbocycles. The highest BCUT2D eigenvalue weighted by Crippen LogP contribution is 2.26. The summed E-state index contributed by atoms with van der Waals surface area (Å²) in [5.74, 6) is 0. The molecule has 0 radical (unpaired) electrons. The van der Waals surface area contributed by atoms with E-state index in [1.165, 1.54) is 22.7 Å². The Morgan fingerprint density at radius 2 is 2.22 bits per heavy atom. The molecule has 0 amide bonds. The van der Waals surface area contributed by atoms with Gasteiger partial charge in [-0.1, -0.05) is 0 Å². The normalized spacial score (nSPS) is 11.9. The van der Waals surface area contributed by atoms with E-state index in [9.17, 15) is 8.42 Å². The lowest BCUT2D eigenvalue weighted by Crippen LogP contribution is -2.24. The highest BCUT2D eigenvalue weighted by Gasteiger charge is 2.22. The van der Waals surface area contributed by atoms with Gasteiger partial charge in [-0.2, -0.15) is 0 Å². The Balaban J connectivity index is 2.22. The third kappa shape index (κ3) is 2.78. The van der Waals surface area contributed by atoms with Gasteiger partial charge in [0.2, 0.25) is 10.0 Å². The molecule has 0 saturated heterocycles. The second kappa shape index (κ2) is 5.45. The Morgan fingerprint density at radius 3 is 2.83 bits per heavy atom. The second-order valence-electron chi connectivity index (χ2n) is 3.58. The standard InChI is InChI=1S/C10H12N2O3S3/c1-7-6-17-8(5-13)10(7)18(14,15)12-4-9-11-2-3-16-9/h2-3,6,12-13H,4-5H2,1H3. The van der Waals surface area contributed by atoms with Gasteiger partial charge in [0.15, 0.2) is 0 Å². The lowest BCUT2D eigenvalue weighted by Gasteiger charge is -2.06. The number of aryl methyl sites for hydroxylation is 1. The third-order valence-electron chi connectivity index (χ3n) is 2.30. The number of hydrogen-bond acceptors (Lipinski definition) is 6. The largest absolute Gasteiger partial charge is 0.391 e. The van der Waals surface area contributed by atoms with Crippen LogP contribution in [0, 0.1) is 6.92 Å². The highest BCUT2D eigenvalue weighted by molar-refractivity contribution is 7.89. The van der Waals surface area contributed by atoms with E-state index >= 15 is 0 Å². The number of nitrogens with one attached hydrogen (secondary N) is 1. The molecule has 2 rings (SSSR count). The molecular formula is C10H12N2O3S3. The number of sulfonamides is 1. The quantitative estimate of drug-likeness (QED) is 0.877. The van der Waals surface area contributed by atoms with Crippen LogP contribution in [0.4, 0.5) is 0 Å². The van der Waals surface area contributed by atoms with Crippen molar-refractivity contribution in [2.45, 2.75) is 25.0 Å². The summed E-state index contributed by atoms with van der Waals surface area (Å²) in [5.41, 5.74) is 0.649. The van der Waals surface area contributed by atoms with Crippen molar-refractivity contribution in [1.82, 2.24) is 9.71 Å². The fraction of sp³-hybridized carbons (Fsp3) is 0.300. The molecule has 18 heavy (non-hydrogen) atoms. The number of rotatable bonds is 5. The average molecular weight is 304 g/mol. The fourth-order valence-corrected chi connectivity index (χ4v) is 4.82. The van der Waals surface area contributed by atoms with Crippen molar-refractivity contribution in [3.05, 3.63) is 32.4 Å². The Labute approximate surface area is 113 Å². The van der Waals surface area contributed by atoms with Crippen molar-refractivity contribution in [3.63, 3.8) is 0 Å². The number of hydrogen-bond donors (Lipinski definition) is 2. The summed E-state index contributed by atoms with van der Waals surface area (Å²) in [6.45, 7) is 1.61. The van der Waals surface area contributed by atoms with Crippen molar-refractivity contribution in [2.24, 2.45) is 0 Å². The average Bonchev–Trinajstić information content (AvgIpc) is 2.95. The van der Waals surface area contributed by atoms with Crippen LogP contribution in [0.1, 0.15) is 15.4 Å². The molecular weight excluding hydrogens is 292 g/mol. The summed E-state index contributed by atoms with van der Waals surface area (Å²) < 4.78 is 26.8. The summed E-state index contributed by atoms with van der Waals surface area (Å²) in [4.78, 5) is 4.65. The van der Waals surface area contributed by atoms with Crippen LogP contribution in [0.2, 0.25) is 0 Å². The molecule has 2 N–H and O–H groups in total. The zero-order chi connectivity index (χ0) is 13.2. The highest BCUT2D eigenvalue weighted by atomic mass is 32.2. The second-order valence-corrected chi connectivity index (χ2v) is 7.23. The molecule has 0 atom stereocenters. The Hall–Kier alpha value is -0.800. The van der Waals surface area contributed by atoms with Gasteiger partial charge in [-0.25, -0.2) is 18.1 Å². The molecule has 2 heterocycles. The van der Waals surface area contributed by atoms with Crippen molar-refractivity contribution >= 4 is 32.7 Å². The summed E-state index contributed by atoms with van der Waals surface area (Å²) in [5, 5.41) is 13.4. The SMILES string of the molecule is Cc1csc(CO)c1S(=O)(=O)NCc1nccs1. The smallest absolute Gasteiger partial charge is 0.242 e. The van der Waals surface area contributed by atoms with Crippen LogP contribution in [-0.2, 0) is 23.2 Å². The van der Waals surface area contributed by atoms with Gasteiger partial charge < -0.3 is 5.11 Å². The minimum atomic E-state index is -3.60. The van der Waals surface area contributed by atoms with E-state index < -0.39 is 10.0 Å². The molecule has 0 bridgehead atoms. The number of thiophene rings is 1. The topological polar surface area (TPSA) is 79.3 Å². The zero-order valence-electron chi connectivity index (χ0n) is 9.58. The van der Waals surface area contributed by atoms with Crippen LogP contribution >= 0.6 is 22.7 Å². The Bertz CT molecular complexity index is 617. The molecule has 0 aromatic carbocycles. The first-order valence-electron chi connectivity index (χ1n) is 5.10. The number of aromatic nitrogens is 1. The molecule has 0 aliphatic heterocycles. The van der Waals surface area contributed by atoms with Crippen molar-refractivity contribution in [3.8, 4) is 0 Å². The molecule has 0 spiro atoms. The summed E-state index contributed by atoms with van der Waals surface area (Å²) in [7, 11) is -3.60. The Kier molecular flexibility index (Phi) is 4.13. The maximum absolute atomic E-state index is 12.2. The van der Waals surface area contributed by atoms with Gasteiger partial charge in [-0.3, -0.25) is 0 Å². The first-order valence-corrected chi connectivity index (χ1v) is 8.34. The predicted molar refractivity (Wildman–Crippen MR) is 71.1 cm³/mol. The van der Waals surface area contributed by atoms with Crippen LogP contribution < -0.4 is 4.72 Å². The minimum absolute atomic E-state index is 0.167. The molecule has 0 unspecified atom stereocenters. The van der Waals surface area contributed by atoms with Gasteiger partial charge in [-0.05, 0) is 17.9 Å². The molecule has 0 aliphatic carbocycles. The summed E-state index contributed by atoms with van der Waals surface area (Å²) in [6, 6.07) is 0. The molecule has 5 nitrogen and oxygen atoms in total. The van der Waals surface area contributed by atoms with E-state index in [0.29, 0.717) is 15.4 Å². The van der Waals surface area contributed by atoms with E-state index in [1.807, 2.05) is 0 Å². The third-order valence-corrected chi connectivity index (χ3v) is 5.93. The van der Waals surface area contributed by atoms with Crippen LogP contribution in [0.15, 0.2) is 21.9 Å². The van der Waals surface area contributed by atoms with E-state index in [-0.39, 0.29) is 18.0 Å². The minimum Gasteiger partial charge on any atom is -0.391 e. The van der Waals surface area contributed by atoms with E-state index in [0.717, 1.165) is 0 Å². The van der Waals surface area contributed by atoms with Gasteiger partial charge in [0.05, 0.1) is 18.0 Å². The number of aliphatic hydroxyl groups is 1. The molecule has 8 heteroatoms. The first kappa shape index (κ1) is 13.6. The van der Waals surface area contributed by atoms with Crippen LogP contribution in [0.3, 0.4) is 0 Å². The van der Waals surface area contributed by atoms with E-state index in [1.54, 1.807) is 23.9 Å². The molecule has 0 aliphatic rings. The maximum Gasteiger partial charge on any atom is 0.242 e. The maximum atomic E-state index is 12.2. The van der Waals surface area contributed by atoms with Gasteiger partial charge in [0.25, 0.3) is 0 Å². The van der Waals surface area contributed by atoms with E-state index in [4.69, 9.17) is 5.11 Å². The molecule has 2 aromatic rings. The van der Waals surface area contributed by atoms with Gasteiger partial charge >= 0.3 is 0 Å². The van der Waals surface area contributed by atoms with Gasteiger partial charge in [0, 0.05) is 11.6 Å². The number of thiazole rings is 1. The lowest BCUT2D eigenvalue weighted by atomic mass is 10.3. The molecule has 0 fully saturated rings. The molecule has 2 aromatic heterocycles. The first-order chi connectivity index (χ1) is 8.54. The monoisotopic (exact) mass is 304 g/mol. The van der Waals surface area contributed by atoms with E-state index in [2.05, 4.69) is 9.71 Å². The summed E-state index contributed by atoms with van der Waals surface area (Å²) >= 11 is 2.63. The van der Waals surface area contributed by atoms with Crippen molar-refractivity contribution in [1.29, 1.82) is 0 Å². The Morgan fingerprint density at radius 1 is 1.44 bits per heavy atom. The lowest BCUT2D eigenvalue weighted by molar-refractivity contribution is 0.282. The van der Waals surface area contributed by atoms with Gasteiger partial charge in [0.1, 0.15) is 9.90 Å². The summed E-state index contributed by atoms with van der Waals surface area (Å²) in [6.07, 6.45) is 1.63. The number of aliphatic hydroxyl groups excluding tert-OH is 1. The molecule has 98 valence electrons. The fourth-order valence-electron chi connectivity index (χ4n) is 1.53. The van der Waals surface area contributed by atoms with Crippen LogP contribution in [-0.4, -0.2) is 18.5 Å². The predicted octanol–water partition coefficient (Wildman–Crippen LogP) is 1.48.